The molecule has 0 aliphatic carbocycles. The number of phenols is 2. The maximum absolute atomic E-state index is 10.4. The molecule has 0 unspecified atom stereocenters. The van der Waals surface area contributed by atoms with Crippen molar-refractivity contribution in [1.82, 2.24) is 0 Å². The lowest BCUT2D eigenvalue weighted by Gasteiger charge is -2.04. The van der Waals surface area contributed by atoms with Crippen LogP contribution in [0, 0.1) is 0 Å². The minimum Gasteiger partial charge on any atom is -0.507 e. The molecule has 0 saturated carbocycles. The summed E-state index contributed by atoms with van der Waals surface area (Å²) >= 11 is 0. The fourth-order valence-corrected chi connectivity index (χ4v) is 8.02. The molecule has 0 aliphatic heterocycles. The van der Waals surface area contributed by atoms with Gasteiger partial charge in [0.05, 0.1) is 22.7 Å². The van der Waals surface area contributed by atoms with Crippen LogP contribution in [-0.4, -0.2) is 35.7 Å². The van der Waals surface area contributed by atoms with Crippen molar-refractivity contribution in [2.24, 2.45) is 30.4 Å². The SMILES string of the molecule is CCCCCCCCCCCCCCc1ccc(N=Nc2ccc(O)c(C=NCCCN=Cc3cc(N=Nc4ccc(CCCCCCCCCCCCCC)cc4)ccc3O)c2)cc1. The van der Waals surface area contributed by atoms with E-state index in [2.05, 4.69) is 68.6 Å². The highest BCUT2D eigenvalue weighted by Crippen LogP contribution is 2.27. The van der Waals surface area contributed by atoms with Crippen LogP contribution in [0.15, 0.2) is 115 Å². The summed E-state index contributed by atoms with van der Waals surface area (Å²) in [6.07, 6.45) is 39.0. The fraction of sp³-hybridized carbons (Fsp3) is 0.544. The van der Waals surface area contributed by atoms with Gasteiger partial charge in [0.15, 0.2) is 0 Å². The molecule has 352 valence electrons. The summed E-state index contributed by atoms with van der Waals surface area (Å²) < 4.78 is 0. The van der Waals surface area contributed by atoms with Gasteiger partial charge in [-0.1, -0.05) is 179 Å². The van der Waals surface area contributed by atoms with Gasteiger partial charge in [-0.3, -0.25) is 9.98 Å². The van der Waals surface area contributed by atoms with Gasteiger partial charge >= 0.3 is 0 Å². The molecular formula is C57H82N6O2. The zero-order valence-electron chi connectivity index (χ0n) is 40.3. The van der Waals surface area contributed by atoms with Crippen molar-refractivity contribution in [3.63, 3.8) is 0 Å². The maximum atomic E-state index is 10.4. The number of unbranched alkanes of at least 4 members (excludes halogenated alkanes) is 22. The van der Waals surface area contributed by atoms with Crippen LogP contribution in [0.3, 0.4) is 0 Å². The lowest BCUT2D eigenvalue weighted by Crippen LogP contribution is -1.90. The van der Waals surface area contributed by atoms with Gasteiger partial charge in [-0.15, -0.1) is 0 Å². The normalized spacial score (nSPS) is 12.0. The van der Waals surface area contributed by atoms with Gasteiger partial charge in [0.25, 0.3) is 0 Å². The third-order valence-electron chi connectivity index (χ3n) is 12.1. The monoisotopic (exact) mass is 883 g/mol. The second-order valence-corrected chi connectivity index (χ2v) is 17.9. The summed E-state index contributed by atoms with van der Waals surface area (Å²) in [5.74, 6) is 0.282. The highest BCUT2D eigenvalue weighted by atomic mass is 16.3. The van der Waals surface area contributed by atoms with Crippen LogP contribution >= 0.6 is 0 Å². The molecule has 0 atom stereocenters. The van der Waals surface area contributed by atoms with Gasteiger partial charge in [-0.05, 0) is 104 Å². The van der Waals surface area contributed by atoms with Gasteiger partial charge in [0.2, 0.25) is 0 Å². The quantitative estimate of drug-likeness (QED) is 0.0269. The van der Waals surface area contributed by atoms with Crippen LogP contribution in [0.2, 0.25) is 0 Å². The predicted molar refractivity (Wildman–Crippen MR) is 277 cm³/mol. The lowest BCUT2D eigenvalue weighted by molar-refractivity contribution is 0.474. The summed E-state index contributed by atoms with van der Waals surface area (Å²) in [4.78, 5) is 9.01. The fourth-order valence-electron chi connectivity index (χ4n) is 8.02. The Labute approximate surface area is 393 Å². The molecule has 2 N–H and O–H groups in total. The summed E-state index contributed by atoms with van der Waals surface area (Å²) in [5, 5.41) is 38.5. The van der Waals surface area contributed by atoms with E-state index in [-0.39, 0.29) is 11.5 Å². The third-order valence-corrected chi connectivity index (χ3v) is 12.1. The zero-order chi connectivity index (χ0) is 45.8. The van der Waals surface area contributed by atoms with Crippen molar-refractivity contribution in [1.29, 1.82) is 0 Å². The largest absolute Gasteiger partial charge is 0.507 e. The molecule has 4 aromatic carbocycles. The highest BCUT2D eigenvalue weighted by molar-refractivity contribution is 5.85. The number of aromatic hydroxyl groups is 2. The maximum Gasteiger partial charge on any atom is 0.124 e. The minimum absolute atomic E-state index is 0.141. The van der Waals surface area contributed by atoms with E-state index in [0.717, 1.165) is 24.2 Å². The van der Waals surface area contributed by atoms with E-state index >= 15 is 0 Å². The molecule has 0 saturated heterocycles. The van der Waals surface area contributed by atoms with Crippen LogP contribution in [0.1, 0.15) is 197 Å². The topological polar surface area (TPSA) is 115 Å². The Morgan fingerprint density at radius 1 is 0.338 bits per heavy atom. The predicted octanol–water partition coefficient (Wildman–Crippen LogP) is 18.3. The number of phenolic OH excluding ortho intramolecular Hbond substituents is 2. The molecule has 0 spiro atoms. The van der Waals surface area contributed by atoms with E-state index in [1.165, 1.54) is 165 Å². The van der Waals surface area contributed by atoms with Crippen LogP contribution in [0.25, 0.3) is 0 Å². The number of nitrogens with zero attached hydrogens (tertiary/aromatic N) is 6. The Hall–Kier alpha value is -4.98. The molecule has 0 amide bonds. The van der Waals surface area contributed by atoms with Crippen molar-refractivity contribution >= 4 is 35.2 Å². The van der Waals surface area contributed by atoms with Crippen LogP contribution in [0.5, 0.6) is 11.5 Å². The number of hydrogen-bond donors (Lipinski definition) is 2. The molecule has 8 nitrogen and oxygen atoms in total. The Morgan fingerprint density at radius 3 is 0.969 bits per heavy atom. The molecular weight excluding hydrogens is 801 g/mol. The van der Waals surface area contributed by atoms with Gasteiger partial charge < -0.3 is 10.2 Å². The average Bonchev–Trinajstić information content (AvgIpc) is 3.32. The summed E-state index contributed by atoms with van der Waals surface area (Å²) in [6.45, 7) is 5.63. The highest BCUT2D eigenvalue weighted by Gasteiger charge is 2.04. The summed E-state index contributed by atoms with van der Waals surface area (Å²) in [5.41, 5.74) is 6.75. The van der Waals surface area contributed by atoms with Gasteiger partial charge in [0, 0.05) is 36.6 Å². The molecule has 65 heavy (non-hydrogen) atoms. The number of benzene rings is 4. The number of hydrogen-bond acceptors (Lipinski definition) is 8. The Balaban J connectivity index is 1.09. The molecule has 0 fully saturated rings. The third kappa shape index (κ3) is 24.2. The Kier molecular flexibility index (Phi) is 27.8. The first kappa shape index (κ1) is 52.6. The van der Waals surface area contributed by atoms with E-state index in [1.54, 1.807) is 48.8 Å². The van der Waals surface area contributed by atoms with Crippen molar-refractivity contribution in [3.05, 3.63) is 107 Å². The molecule has 0 radical (unpaired) electrons. The van der Waals surface area contributed by atoms with Crippen molar-refractivity contribution < 1.29 is 10.2 Å². The van der Waals surface area contributed by atoms with E-state index in [1.807, 2.05) is 24.3 Å². The first-order valence-corrected chi connectivity index (χ1v) is 25.7. The molecule has 0 heterocycles. The van der Waals surface area contributed by atoms with E-state index in [9.17, 15) is 10.2 Å². The van der Waals surface area contributed by atoms with Crippen LogP contribution < -0.4 is 0 Å². The van der Waals surface area contributed by atoms with Crippen molar-refractivity contribution in [3.8, 4) is 11.5 Å². The van der Waals surface area contributed by atoms with Gasteiger partial charge in [0.1, 0.15) is 11.5 Å². The Morgan fingerprint density at radius 2 is 0.631 bits per heavy atom. The Bertz CT molecular complexity index is 1810. The summed E-state index contributed by atoms with van der Waals surface area (Å²) in [7, 11) is 0. The van der Waals surface area contributed by atoms with Crippen molar-refractivity contribution in [2.45, 2.75) is 187 Å². The molecule has 0 bridgehead atoms. The molecule has 4 aromatic rings. The molecule has 4 rings (SSSR count). The van der Waals surface area contributed by atoms with Crippen LogP contribution in [-0.2, 0) is 12.8 Å². The zero-order valence-corrected chi connectivity index (χ0v) is 40.3. The van der Waals surface area contributed by atoms with E-state index in [0.29, 0.717) is 42.0 Å². The van der Waals surface area contributed by atoms with Gasteiger partial charge in [-0.2, -0.15) is 20.5 Å². The first-order chi connectivity index (χ1) is 32.0. The smallest absolute Gasteiger partial charge is 0.124 e. The van der Waals surface area contributed by atoms with Crippen LogP contribution in [0.4, 0.5) is 22.7 Å². The van der Waals surface area contributed by atoms with E-state index in [4.69, 9.17) is 0 Å². The molecule has 0 aromatic heterocycles. The van der Waals surface area contributed by atoms with Crippen molar-refractivity contribution in [2.75, 3.05) is 13.1 Å². The summed E-state index contributed by atoms with van der Waals surface area (Å²) in [6, 6.07) is 27.0. The second kappa shape index (κ2) is 34.4. The lowest BCUT2D eigenvalue weighted by atomic mass is 10.0. The van der Waals surface area contributed by atoms with Gasteiger partial charge in [-0.25, -0.2) is 0 Å². The second-order valence-electron chi connectivity index (χ2n) is 17.9. The molecule has 0 aliphatic rings. The van der Waals surface area contributed by atoms with E-state index < -0.39 is 0 Å². The standard InChI is InChI=1S/C57H82N6O2/c1-3-5-7-9-11-13-15-17-19-21-23-25-28-48-30-34-52(35-31-48)60-62-54-38-40-56(64)50(44-54)46-58-42-27-43-59-47-51-45-55(39-41-57(51)65)63-61-53-36-32-49(33-37-53)29-26-24-22-20-18-16-14-12-10-8-6-4-2/h30-41,44-47,64-65H,3-29,42-43H2,1-2H3. The first-order valence-electron chi connectivity index (χ1n) is 25.7. The number of rotatable bonds is 36. The number of aliphatic imine (C=N–C) groups is 2. The molecule has 8 heteroatoms. The number of azo groups is 2. The number of aryl methyl sites for hydroxylation is 2. The average molecular weight is 883 g/mol. The minimum atomic E-state index is 0.141.